The molecule has 1 atom stereocenters. The minimum atomic E-state index is -0.534. The van der Waals surface area contributed by atoms with Gasteiger partial charge in [-0.25, -0.2) is 0 Å². The van der Waals surface area contributed by atoms with Crippen molar-refractivity contribution in [2.45, 2.75) is 24.9 Å². The van der Waals surface area contributed by atoms with Crippen LogP contribution in [0.3, 0.4) is 0 Å². The minimum absolute atomic E-state index is 0.0696. The van der Waals surface area contributed by atoms with Crippen LogP contribution in [0.1, 0.15) is 25.0 Å². The van der Waals surface area contributed by atoms with E-state index in [1.54, 1.807) is 0 Å². The zero-order valence-corrected chi connectivity index (χ0v) is 15.8. The molecule has 4 rings (SSSR count). The summed E-state index contributed by atoms with van der Waals surface area (Å²) >= 11 is 0. The molecule has 134 valence electrons. The van der Waals surface area contributed by atoms with E-state index in [1.807, 2.05) is 20.2 Å². The molecule has 0 aliphatic carbocycles. The van der Waals surface area contributed by atoms with E-state index in [4.69, 9.17) is 0 Å². The van der Waals surface area contributed by atoms with Crippen LogP contribution in [-0.2, 0) is 10.2 Å². The lowest BCUT2D eigenvalue weighted by atomic mass is 9.75. The second kappa shape index (κ2) is 5.63. The van der Waals surface area contributed by atoms with Crippen molar-refractivity contribution < 1.29 is 4.79 Å². The lowest BCUT2D eigenvalue weighted by Crippen LogP contribution is -2.58. The molecule has 0 unspecified atom stereocenters. The predicted octanol–water partition coefficient (Wildman–Crippen LogP) is 3.39. The van der Waals surface area contributed by atoms with Crippen molar-refractivity contribution in [3.05, 3.63) is 65.7 Å². The Labute approximate surface area is 155 Å². The summed E-state index contributed by atoms with van der Waals surface area (Å²) in [5, 5.41) is 3.26. The third-order valence-corrected chi connectivity index (χ3v) is 5.80. The Kier molecular flexibility index (Phi) is 3.62. The van der Waals surface area contributed by atoms with E-state index in [1.165, 1.54) is 11.3 Å². The average molecular weight is 347 g/mol. The molecule has 2 aliphatic heterocycles. The van der Waals surface area contributed by atoms with Crippen molar-refractivity contribution in [2.75, 3.05) is 30.4 Å². The predicted molar refractivity (Wildman–Crippen MR) is 107 cm³/mol. The van der Waals surface area contributed by atoms with Crippen LogP contribution in [0, 0.1) is 0 Å². The third-order valence-electron chi connectivity index (χ3n) is 5.80. The summed E-state index contributed by atoms with van der Waals surface area (Å²) in [6.07, 6.45) is 4.27. The molecule has 0 bridgehead atoms. The van der Waals surface area contributed by atoms with E-state index < -0.39 is 5.66 Å². The fourth-order valence-electron chi connectivity index (χ4n) is 4.24. The number of anilines is 2. The molecule has 1 amide bonds. The van der Waals surface area contributed by atoms with E-state index >= 15 is 0 Å². The summed E-state index contributed by atoms with van der Waals surface area (Å²) in [5.74, 6) is 0.0696. The van der Waals surface area contributed by atoms with Crippen LogP contribution in [0.25, 0.3) is 6.08 Å². The summed E-state index contributed by atoms with van der Waals surface area (Å²) < 4.78 is 0. The van der Waals surface area contributed by atoms with Crippen molar-refractivity contribution in [3.63, 3.8) is 0 Å². The smallest absolute Gasteiger partial charge is 0.241 e. The van der Waals surface area contributed by atoms with Gasteiger partial charge in [0.2, 0.25) is 5.91 Å². The highest BCUT2D eigenvalue weighted by atomic mass is 16.2. The number of nitrogens with zero attached hydrogens (tertiary/aromatic N) is 2. The van der Waals surface area contributed by atoms with Gasteiger partial charge in [0.15, 0.2) is 0 Å². The number of amides is 1. The van der Waals surface area contributed by atoms with E-state index in [9.17, 15) is 4.79 Å². The summed E-state index contributed by atoms with van der Waals surface area (Å²) in [6, 6.07) is 16.8. The normalized spacial score (nSPS) is 23.1. The molecule has 2 aromatic rings. The van der Waals surface area contributed by atoms with Gasteiger partial charge in [0.05, 0.1) is 6.54 Å². The Bertz CT molecular complexity index is 883. The highest BCUT2D eigenvalue weighted by Crippen LogP contribution is 2.52. The molecule has 2 heterocycles. The number of carbonyl (C=O) groups excluding carboxylic acids is 1. The molecule has 1 saturated heterocycles. The molecule has 4 nitrogen and oxygen atoms in total. The summed E-state index contributed by atoms with van der Waals surface area (Å²) in [6.45, 7) is 4.80. The molecule has 2 aliphatic rings. The molecule has 0 spiro atoms. The Hall–Kier alpha value is -2.75. The number of hydrogen-bond donors (Lipinski definition) is 1. The Morgan fingerprint density at radius 1 is 1.08 bits per heavy atom. The molecule has 0 radical (unpaired) electrons. The third kappa shape index (κ3) is 2.25. The van der Waals surface area contributed by atoms with E-state index in [0.717, 1.165) is 11.3 Å². The van der Waals surface area contributed by atoms with Gasteiger partial charge in [0.25, 0.3) is 0 Å². The molecule has 2 aromatic carbocycles. The van der Waals surface area contributed by atoms with E-state index in [-0.39, 0.29) is 11.3 Å². The number of benzene rings is 2. The van der Waals surface area contributed by atoms with Crippen molar-refractivity contribution in [1.82, 2.24) is 5.32 Å². The molecule has 26 heavy (non-hydrogen) atoms. The van der Waals surface area contributed by atoms with Crippen LogP contribution in [-0.4, -0.2) is 32.2 Å². The zero-order valence-electron chi connectivity index (χ0n) is 15.8. The van der Waals surface area contributed by atoms with Crippen molar-refractivity contribution in [1.29, 1.82) is 0 Å². The molecule has 1 N–H and O–H groups in total. The van der Waals surface area contributed by atoms with Crippen LogP contribution < -0.4 is 15.1 Å². The Balaban J connectivity index is 1.75. The summed E-state index contributed by atoms with van der Waals surface area (Å²) in [4.78, 5) is 16.6. The maximum Gasteiger partial charge on any atom is 0.241 e. The van der Waals surface area contributed by atoms with Gasteiger partial charge >= 0.3 is 0 Å². The first-order valence-corrected chi connectivity index (χ1v) is 9.00. The molecule has 4 heteroatoms. The van der Waals surface area contributed by atoms with Gasteiger partial charge in [-0.3, -0.25) is 4.79 Å². The number of para-hydroxylation sites is 1. The summed E-state index contributed by atoms with van der Waals surface area (Å²) in [5.41, 5.74) is 3.95. The molecule has 0 saturated carbocycles. The van der Waals surface area contributed by atoms with Crippen LogP contribution in [0.5, 0.6) is 0 Å². The minimum Gasteiger partial charge on any atom is -0.378 e. The molecular formula is C22H25N3O. The van der Waals surface area contributed by atoms with E-state index in [2.05, 4.69) is 83.6 Å². The second-order valence-corrected chi connectivity index (χ2v) is 7.86. The first-order chi connectivity index (χ1) is 12.3. The van der Waals surface area contributed by atoms with Crippen molar-refractivity contribution in [2.24, 2.45) is 0 Å². The number of hydrogen-bond acceptors (Lipinski definition) is 3. The van der Waals surface area contributed by atoms with Crippen LogP contribution >= 0.6 is 0 Å². The van der Waals surface area contributed by atoms with Gasteiger partial charge < -0.3 is 15.1 Å². The maximum atomic E-state index is 12.3. The van der Waals surface area contributed by atoms with Crippen molar-refractivity contribution >= 4 is 23.4 Å². The zero-order chi connectivity index (χ0) is 18.5. The number of carbonyl (C=O) groups is 1. The number of nitrogens with one attached hydrogen (secondary N) is 1. The van der Waals surface area contributed by atoms with E-state index in [0.29, 0.717) is 6.54 Å². The fourth-order valence-corrected chi connectivity index (χ4v) is 4.24. The average Bonchev–Trinajstić information content (AvgIpc) is 3.05. The first kappa shape index (κ1) is 16.7. The van der Waals surface area contributed by atoms with Gasteiger partial charge in [0.1, 0.15) is 5.66 Å². The molecule has 0 aromatic heterocycles. The number of fused-ring (bicyclic) bond motifs is 3. The van der Waals surface area contributed by atoms with Crippen LogP contribution in [0.2, 0.25) is 0 Å². The standard InChI is InChI=1S/C22H25N3O/c1-21(2)18-7-5-6-8-19(18)25-15-20(26)23-22(21,25)14-13-16-9-11-17(12-10-16)24(3)4/h5-14H,15H2,1-4H3,(H,23,26)/b14-13+/t22-/m0/s1. The highest BCUT2D eigenvalue weighted by molar-refractivity contribution is 5.91. The highest BCUT2D eigenvalue weighted by Gasteiger charge is 2.59. The van der Waals surface area contributed by atoms with Gasteiger partial charge in [-0.15, -0.1) is 0 Å². The fraction of sp³-hybridized carbons (Fsp3) is 0.318. The Morgan fingerprint density at radius 2 is 1.77 bits per heavy atom. The first-order valence-electron chi connectivity index (χ1n) is 9.00. The lowest BCUT2D eigenvalue weighted by molar-refractivity contribution is -0.118. The summed E-state index contributed by atoms with van der Waals surface area (Å²) in [7, 11) is 4.07. The molecule has 1 fully saturated rings. The number of rotatable bonds is 3. The lowest BCUT2D eigenvalue weighted by Gasteiger charge is -2.40. The topological polar surface area (TPSA) is 35.6 Å². The van der Waals surface area contributed by atoms with Gasteiger partial charge in [-0.05, 0) is 35.4 Å². The van der Waals surface area contributed by atoms with Crippen LogP contribution in [0.4, 0.5) is 11.4 Å². The van der Waals surface area contributed by atoms with Crippen molar-refractivity contribution in [3.8, 4) is 0 Å². The van der Waals surface area contributed by atoms with Crippen LogP contribution in [0.15, 0.2) is 54.6 Å². The maximum absolute atomic E-state index is 12.3. The molecular weight excluding hydrogens is 322 g/mol. The van der Waals surface area contributed by atoms with Gasteiger partial charge in [-0.2, -0.15) is 0 Å². The largest absolute Gasteiger partial charge is 0.378 e. The van der Waals surface area contributed by atoms with Gasteiger partial charge in [0, 0.05) is 30.9 Å². The Morgan fingerprint density at radius 3 is 2.46 bits per heavy atom. The second-order valence-electron chi connectivity index (χ2n) is 7.86. The quantitative estimate of drug-likeness (QED) is 0.924. The SMILES string of the molecule is CN(C)c1ccc(/C=C/[C@]23NC(=O)CN2c2ccccc2C3(C)C)cc1. The van der Waals surface area contributed by atoms with Gasteiger partial charge in [-0.1, -0.05) is 50.3 Å². The monoisotopic (exact) mass is 347 g/mol.